The lowest BCUT2D eigenvalue weighted by Gasteiger charge is -2.06. The van der Waals surface area contributed by atoms with Crippen molar-refractivity contribution in [2.45, 2.75) is 26.7 Å². The predicted molar refractivity (Wildman–Crippen MR) is 122 cm³/mol. The van der Waals surface area contributed by atoms with E-state index in [9.17, 15) is 9.18 Å². The second kappa shape index (κ2) is 8.52. The van der Waals surface area contributed by atoms with Crippen LogP contribution in [0.5, 0.6) is 0 Å². The van der Waals surface area contributed by atoms with Gasteiger partial charge in [-0.25, -0.2) is 4.39 Å². The van der Waals surface area contributed by atoms with Crippen LogP contribution in [-0.2, 0) is 4.79 Å². The molecule has 0 unspecified atom stereocenters. The van der Waals surface area contributed by atoms with Gasteiger partial charge >= 0.3 is 0 Å². The first-order valence-corrected chi connectivity index (χ1v) is 10.1. The van der Waals surface area contributed by atoms with E-state index in [0.717, 1.165) is 11.1 Å². The molecule has 156 valence electrons. The van der Waals surface area contributed by atoms with Gasteiger partial charge in [-0.2, -0.15) is 4.80 Å². The molecular formula is C25H23FN4O. The molecule has 4 rings (SSSR count). The van der Waals surface area contributed by atoms with Crippen molar-refractivity contribution in [2.75, 3.05) is 5.32 Å². The Bertz CT molecular complexity index is 1260. The third-order valence-corrected chi connectivity index (χ3v) is 5.07. The standard InChI is InChI=1S/C25H23FN4O/c1-16(2)19-7-4-18(5-8-19)6-13-25(31)27-22-15-24-23(14-17(22)3)28-30(29-24)21-11-9-20(26)10-12-21/h4-16H,1-3H3,(H,27,31). The molecule has 1 N–H and O–H groups in total. The smallest absolute Gasteiger partial charge is 0.248 e. The molecule has 6 heteroatoms. The highest BCUT2D eigenvalue weighted by molar-refractivity contribution is 6.03. The first-order valence-electron chi connectivity index (χ1n) is 10.1. The van der Waals surface area contributed by atoms with Crippen LogP contribution in [-0.4, -0.2) is 20.9 Å². The Morgan fingerprint density at radius 3 is 2.29 bits per heavy atom. The van der Waals surface area contributed by atoms with Crippen molar-refractivity contribution in [3.63, 3.8) is 0 Å². The molecule has 1 aromatic heterocycles. The number of carbonyl (C=O) groups excluding carboxylic acids is 1. The quantitative estimate of drug-likeness (QED) is 0.430. The topological polar surface area (TPSA) is 59.8 Å². The number of carbonyl (C=O) groups is 1. The van der Waals surface area contributed by atoms with Crippen LogP contribution in [0, 0.1) is 12.7 Å². The zero-order valence-electron chi connectivity index (χ0n) is 17.6. The summed E-state index contributed by atoms with van der Waals surface area (Å²) in [5.74, 6) is -0.0632. The summed E-state index contributed by atoms with van der Waals surface area (Å²) in [6.07, 6.45) is 3.31. The van der Waals surface area contributed by atoms with Gasteiger partial charge in [-0.15, -0.1) is 10.2 Å². The van der Waals surface area contributed by atoms with Crippen molar-refractivity contribution in [3.05, 3.63) is 89.2 Å². The van der Waals surface area contributed by atoms with E-state index in [1.165, 1.54) is 28.6 Å². The summed E-state index contributed by atoms with van der Waals surface area (Å²) in [6, 6.07) is 17.8. The average Bonchev–Trinajstić information content (AvgIpc) is 3.16. The molecule has 1 heterocycles. The molecule has 3 aromatic carbocycles. The summed E-state index contributed by atoms with van der Waals surface area (Å²) in [6.45, 7) is 6.20. The number of rotatable bonds is 5. The van der Waals surface area contributed by atoms with Crippen molar-refractivity contribution in [2.24, 2.45) is 0 Å². The lowest BCUT2D eigenvalue weighted by molar-refractivity contribution is -0.111. The molecule has 1 amide bonds. The van der Waals surface area contributed by atoms with E-state index in [-0.39, 0.29) is 11.7 Å². The lowest BCUT2D eigenvalue weighted by atomic mass is 10.0. The number of nitrogens with one attached hydrogen (secondary N) is 1. The first-order chi connectivity index (χ1) is 14.9. The third-order valence-electron chi connectivity index (χ3n) is 5.07. The molecule has 0 atom stereocenters. The molecule has 0 fully saturated rings. The summed E-state index contributed by atoms with van der Waals surface area (Å²) in [5, 5.41) is 11.8. The van der Waals surface area contributed by atoms with Crippen LogP contribution in [0.4, 0.5) is 10.1 Å². The number of hydrogen-bond donors (Lipinski definition) is 1. The van der Waals surface area contributed by atoms with E-state index in [2.05, 4.69) is 41.5 Å². The van der Waals surface area contributed by atoms with Gasteiger partial charge in [-0.05, 0) is 72.0 Å². The third kappa shape index (κ3) is 4.69. The van der Waals surface area contributed by atoms with Crippen LogP contribution in [0.25, 0.3) is 22.8 Å². The highest BCUT2D eigenvalue weighted by Gasteiger charge is 2.10. The predicted octanol–water partition coefficient (Wildman–Crippen LogP) is 5.64. The molecule has 0 bridgehead atoms. The number of amides is 1. The van der Waals surface area contributed by atoms with Gasteiger partial charge in [0.25, 0.3) is 0 Å². The molecule has 0 saturated carbocycles. The van der Waals surface area contributed by atoms with Crippen LogP contribution >= 0.6 is 0 Å². The Kier molecular flexibility index (Phi) is 5.62. The van der Waals surface area contributed by atoms with Gasteiger partial charge < -0.3 is 5.32 Å². The van der Waals surface area contributed by atoms with E-state index in [1.54, 1.807) is 24.3 Å². The molecular weight excluding hydrogens is 391 g/mol. The monoisotopic (exact) mass is 414 g/mol. The fourth-order valence-corrected chi connectivity index (χ4v) is 3.23. The number of aromatic nitrogens is 3. The van der Waals surface area contributed by atoms with E-state index >= 15 is 0 Å². The highest BCUT2D eigenvalue weighted by Crippen LogP contribution is 2.22. The van der Waals surface area contributed by atoms with Crippen molar-refractivity contribution in [1.82, 2.24) is 15.0 Å². The zero-order valence-corrected chi connectivity index (χ0v) is 17.6. The molecule has 5 nitrogen and oxygen atoms in total. The van der Waals surface area contributed by atoms with Gasteiger partial charge in [-0.1, -0.05) is 38.1 Å². The Balaban J connectivity index is 1.51. The number of aryl methyl sites for hydroxylation is 1. The number of hydrogen-bond acceptors (Lipinski definition) is 3. The van der Waals surface area contributed by atoms with E-state index in [0.29, 0.717) is 28.3 Å². The minimum atomic E-state index is -0.315. The van der Waals surface area contributed by atoms with Crippen molar-refractivity contribution < 1.29 is 9.18 Å². The van der Waals surface area contributed by atoms with Gasteiger partial charge in [-0.3, -0.25) is 4.79 Å². The Morgan fingerprint density at radius 1 is 1.00 bits per heavy atom. The number of anilines is 1. The second-order valence-corrected chi connectivity index (χ2v) is 7.77. The molecule has 0 saturated heterocycles. The minimum Gasteiger partial charge on any atom is -0.322 e. The van der Waals surface area contributed by atoms with Crippen LogP contribution in [0.15, 0.2) is 66.7 Å². The molecule has 0 aliphatic heterocycles. The van der Waals surface area contributed by atoms with Crippen molar-refractivity contribution in [1.29, 1.82) is 0 Å². The van der Waals surface area contributed by atoms with Gasteiger partial charge in [0.1, 0.15) is 16.9 Å². The van der Waals surface area contributed by atoms with Gasteiger partial charge in [0, 0.05) is 11.8 Å². The average molecular weight is 414 g/mol. The molecule has 0 aliphatic carbocycles. The Labute approximate surface area is 180 Å². The minimum absolute atomic E-state index is 0.221. The molecule has 0 spiro atoms. The fourth-order valence-electron chi connectivity index (χ4n) is 3.23. The van der Waals surface area contributed by atoms with E-state index in [1.807, 2.05) is 25.1 Å². The van der Waals surface area contributed by atoms with Crippen LogP contribution in [0.1, 0.15) is 36.5 Å². The normalized spacial score (nSPS) is 11.5. The molecule has 0 aliphatic rings. The summed E-state index contributed by atoms with van der Waals surface area (Å²) >= 11 is 0. The Morgan fingerprint density at radius 2 is 1.65 bits per heavy atom. The Hall–Kier alpha value is -3.80. The fraction of sp³-hybridized carbons (Fsp3) is 0.160. The summed E-state index contributed by atoms with van der Waals surface area (Å²) < 4.78 is 13.2. The van der Waals surface area contributed by atoms with Crippen molar-refractivity contribution in [3.8, 4) is 5.69 Å². The van der Waals surface area contributed by atoms with Gasteiger partial charge in [0.05, 0.1) is 5.69 Å². The highest BCUT2D eigenvalue weighted by atomic mass is 19.1. The number of halogens is 1. The maximum Gasteiger partial charge on any atom is 0.248 e. The van der Waals surface area contributed by atoms with Crippen LogP contribution < -0.4 is 5.32 Å². The second-order valence-electron chi connectivity index (χ2n) is 7.77. The molecule has 4 aromatic rings. The maximum atomic E-state index is 13.2. The molecule has 31 heavy (non-hydrogen) atoms. The number of benzene rings is 3. The first kappa shape index (κ1) is 20.5. The summed E-state index contributed by atoms with van der Waals surface area (Å²) in [5.41, 5.74) is 5.77. The van der Waals surface area contributed by atoms with E-state index < -0.39 is 0 Å². The largest absolute Gasteiger partial charge is 0.322 e. The SMILES string of the molecule is Cc1cc2nn(-c3ccc(F)cc3)nc2cc1NC(=O)C=Cc1ccc(C(C)C)cc1. The van der Waals surface area contributed by atoms with Gasteiger partial charge in [0.2, 0.25) is 5.91 Å². The zero-order chi connectivity index (χ0) is 22.0. The van der Waals surface area contributed by atoms with Crippen LogP contribution in [0.3, 0.4) is 0 Å². The van der Waals surface area contributed by atoms with Crippen LogP contribution in [0.2, 0.25) is 0 Å². The van der Waals surface area contributed by atoms with E-state index in [4.69, 9.17) is 0 Å². The summed E-state index contributed by atoms with van der Waals surface area (Å²) in [4.78, 5) is 13.9. The maximum absolute atomic E-state index is 13.2. The molecule has 0 radical (unpaired) electrons. The van der Waals surface area contributed by atoms with Gasteiger partial charge in [0.15, 0.2) is 0 Å². The number of fused-ring (bicyclic) bond motifs is 1. The lowest BCUT2D eigenvalue weighted by Crippen LogP contribution is -2.08. The number of nitrogens with zero attached hydrogens (tertiary/aromatic N) is 3. The van der Waals surface area contributed by atoms with Crippen molar-refractivity contribution >= 4 is 28.7 Å². The summed E-state index contributed by atoms with van der Waals surface area (Å²) in [7, 11) is 0.